The molecule has 29 heavy (non-hydrogen) atoms. The van der Waals surface area contributed by atoms with E-state index in [1.165, 1.54) is 0 Å². The summed E-state index contributed by atoms with van der Waals surface area (Å²) in [5, 5.41) is 0. The van der Waals surface area contributed by atoms with E-state index in [0.29, 0.717) is 65.7 Å². The number of rotatable bonds is 22. The Hall–Kier alpha value is -1.22. The first-order valence-corrected chi connectivity index (χ1v) is 10.8. The van der Waals surface area contributed by atoms with E-state index in [-0.39, 0.29) is 25.2 Å². The SMILES string of the molecule is CCOCCOCCOC(=O)CCCCCCCC(=O)OCCOCCOCC. The molecule has 8 nitrogen and oxygen atoms in total. The van der Waals surface area contributed by atoms with E-state index in [1.54, 1.807) is 0 Å². The van der Waals surface area contributed by atoms with Crippen molar-refractivity contribution in [2.45, 2.75) is 58.8 Å². The molecule has 0 aromatic rings. The summed E-state index contributed by atoms with van der Waals surface area (Å²) in [6.45, 7) is 8.72. The predicted molar refractivity (Wildman–Crippen MR) is 109 cm³/mol. The van der Waals surface area contributed by atoms with Gasteiger partial charge in [-0.1, -0.05) is 19.3 Å². The molecule has 0 saturated heterocycles. The van der Waals surface area contributed by atoms with E-state index in [0.717, 1.165) is 32.1 Å². The highest BCUT2D eigenvalue weighted by atomic mass is 16.6. The van der Waals surface area contributed by atoms with E-state index < -0.39 is 0 Å². The lowest BCUT2D eigenvalue weighted by atomic mass is 10.1. The highest BCUT2D eigenvalue weighted by Gasteiger charge is 2.04. The second-order valence-corrected chi connectivity index (χ2v) is 6.33. The van der Waals surface area contributed by atoms with Crippen LogP contribution in [0.2, 0.25) is 0 Å². The first-order chi connectivity index (χ1) is 14.2. The summed E-state index contributed by atoms with van der Waals surface area (Å²) in [4.78, 5) is 23.1. The van der Waals surface area contributed by atoms with Gasteiger partial charge in [0.05, 0.1) is 39.6 Å². The third kappa shape index (κ3) is 22.9. The number of unbranched alkanes of at least 4 members (excludes halogenated alkanes) is 4. The molecule has 0 saturated carbocycles. The molecule has 0 heterocycles. The Morgan fingerprint density at radius 2 is 0.828 bits per heavy atom. The molecule has 0 N–H and O–H groups in total. The van der Waals surface area contributed by atoms with E-state index >= 15 is 0 Å². The Bertz CT molecular complexity index is 342. The summed E-state index contributed by atoms with van der Waals surface area (Å²) in [5.41, 5.74) is 0. The van der Waals surface area contributed by atoms with Gasteiger partial charge in [-0.25, -0.2) is 0 Å². The summed E-state index contributed by atoms with van der Waals surface area (Å²) in [6.07, 6.45) is 5.32. The van der Waals surface area contributed by atoms with E-state index in [1.807, 2.05) is 13.8 Å². The fraction of sp³-hybridized carbons (Fsp3) is 0.905. The molecule has 0 amide bonds. The van der Waals surface area contributed by atoms with Crippen molar-refractivity contribution >= 4 is 11.9 Å². The minimum atomic E-state index is -0.189. The molecule has 0 aliphatic rings. The van der Waals surface area contributed by atoms with Gasteiger partial charge in [-0.05, 0) is 26.7 Å². The lowest BCUT2D eigenvalue weighted by Gasteiger charge is -2.07. The van der Waals surface area contributed by atoms with Crippen molar-refractivity contribution in [2.75, 3.05) is 66.1 Å². The Morgan fingerprint density at radius 3 is 1.24 bits per heavy atom. The summed E-state index contributed by atoms with van der Waals surface area (Å²) in [6, 6.07) is 0. The number of hydrogen-bond donors (Lipinski definition) is 0. The normalized spacial score (nSPS) is 10.8. The lowest BCUT2D eigenvalue weighted by Crippen LogP contribution is -2.12. The first-order valence-electron chi connectivity index (χ1n) is 10.8. The molecule has 0 fully saturated rings. The van der Waals surface area contributed by atoms with Gasteiger partial charge in [-0.3, -0.25) is 9.59 Å². The largest absolute Gasteiger partial charge is 0.463 e. The van der Waals surface area contributed by atoms with Crippen molar-refractivity contribution in [2.24, 2.45) is 0 Å². The third-order valence-corrected chi connectivity index (χ3v) is 3.90. The monoisotopic (exact) mass is 420 g/mol. The molecule has 0 bridgehead atoms. The molecule has 0 aromatic heterocycles. The zero-order valence-electron chi connectivity index (χ0n) is 18.3. The van der Waals surface area contributed by atoms with Gasteiger partial charge in [0.2, 0.25) is 0 Å². The summed E-state index contributed by atoms with van der Waals surface area (Å²) in [7, 11) is 0. The Morgan fingerprint density at radius 1 is 0.483 bits per heavy atom. The lowest BCUT2D eigenvalue weighted by molar-refractivity contribution is -0.146. The molecule has 0 aliphatic heterocycles. The Kier molecular flexibility index (Phi) is 22.1. The Labute approximate surface area is 175 Å². The molecule has 8 heteroatoms. The molecular weight excluding hydrogens is 380 g/mol. The van der Waals surface area contributed by atoms with Crippen molar-refractivity contribution in [1.82, 2.24) is 0 Å². The first kappa shape index (κ1) is 27.8. The van der Waals surface area contributed by atoms with Crippen molar-refractivity contribution in [3.8, 4) is 0 Å². The molecule has 0 rings (SSSR count). The average Bonchev–Trinajstić information content (AvgIpc) is 2.71. The number of ether oxygens (including phenoxy) is 6. The smallest absolute Gasteiger partial charge is 0.305 e. The van der Waals surface area contributed by atoms with Crippen LogP contribution in [0.3, 0.4) is 0 Å². The fourth-order valence-electron chi connectivity index (χ4n) is 2.37. The topological polar surface area (TPSA) is 89.5 Å². The molecule has 0 aliphatic carbocycles. The van der Waals surface area contributed by atoms with Crippen LogP contribution in [0.5, 0.6) is 0 Å². The van der Waals surface area contributed by atoms with Crippen molar-refractivity contribution < 1.29 is 38.0 Å². The van der Waals surface area contributed by atoms with E-state index in [2.05, 4.69) is 0 Å². The summed E-state index contributed by atoms with van der Waals surface area (Å²) < 4.78 is 31.0. The summed E-state index contributed by atoms with van der Waals surface area (Å²) >= 11 is 0. The maximum Gasteiger partial charge on any atom is 0.305 e. The van der Waals surface area contributed by atoms with Crippen LogP contribution in [0.1, 0.15) is 58.8 Å². The van der Waals surface area contributed by atoms with E-state index in [4.69, 9.17) is 28.4 Å². The van der Waals surface area contributed by atoms with Crippen LogP contribution >= 0.6 is 0 Å². The Balaban J connectivity index is 3.27. The van der Waals surface area contributed by atoms with Crippen LogP contribution in [0.25, 0.3) is 0 Å². The van der Waals surface area contributed by atoms with Gasteiger partial charge in [0.1, 0.15) is 13.2 Å². The minimum absolute atomic E-state index is 0.189. The fourth-order valence-corrected chi connectivity index (χ4v) is 2.37. The number of carbonyl (C=O) groups is 2. The van der Waals surface area contributed by atoms with Gasteiger partial charge in [-0.2, -0.15) is 0 Å². The van der Waals surface area contributed by atoms with Crippen LogP contribution in [-0.2, 0) is 38.0 Å². The van der Waals surface area contributed by atoms with Gasteiger partial charge in [-0.15, -0.1) is 0 Å². The molecule has 0 atom stereocenters. The molecule has 0 aromatic carbocycles. The van der Waals surface area contributed by atoms with Gasteiger partial charge < -0.3 is 28.4 Å². The second-order valence-electron chi connectivity index (χ2n) is 6.33. The molecule has 172 valence electrons. The zero-order chi connectivity index (χ0) is 21.4. The molecule has 0 radical (unpaired) electrons. The van der Waals surface area contributed by atoms with Gasteiger partial charge in [0.15, 0.2) is 0 Å². The van der Waals surface area contributed by atoms with Gasteiger partial charge >= 0.3 is 11.9 Å². The highest BCUT2D eigenvalue weighted by Crippen LogP contribution is 2.08. The van der Waals surface area contributed by atoms with Crippen LogP contribution in [-0.4, -0.2) is 78.0 Å². The van der Waals surface area contributed by atoms with E-state index in [9.17, 15) is 9.59 Å². The highest BCUT2D eigenvalue weighted by molar-refractivity contribution is 5.69. The van der Waals surface area contributed by atoms with Crippen molar-refractivity contribution in [3.05, 3.63) is 0 Å². The van der Waals surface area contributed by atoms with Crippen molar-refractivity contribution in [3.63, 3.8) is 0 Å². The van der Waals surface area contributed by atoms with Gasteiger partial charge in [0, 0.05) is 26.1 Å². The number of esters is 2. The third-order valence-electron chi connectivity index (χ3n) is 3.90. The summed E-state index contributed by atoms with van der Waals surface area (Å²) in [5.74, 6) is -0.379. The standard InChI is InChI=1S/C21H40O8/c1-3-24-12-14-26-16-18-28-20(22)10-8-6-5-7-9-11-21(23)29-19-17-27-15-13-25-4-2/h3-19H2,1-2H3. The van der Waals surface area contributed by atoms with Crippen LogP contribution in [0.4, 0.5) is 0 Å². The van der Waals surface area contributed by atoms with Crippen LogP contribution in [0.15, 0.2) is 0 Å². The number of hydrogen-bond acceptors (Lipinski definition) is 8. The quantitative estimate of drug-likeness (QED) is 0.195. The van der Waals surface area contributed by atoms with Crippen LogP contribution < -0.4 is 0 Å². The number of carbonyl (C=O) groups excluding carboxylic acids is 2. The van der Waals surface area contributed by atoms with Crippen LogP contribution in [0, 0.1) is 0 Å². The van der Waals surface area contributed by atoms with Crippen molar-refractivity contribution in [1.29, 1.82) is 0 Å². The zero-order valence-corrected chi connectivity index (χ0v) is 18.3. The van der Waals surface area contributed by atoms with Gasteiger partial charge in [0.25, 0.3) is 0 Å². The second kappa shape index (κ2) is 23.1. The predicted octanol–water partition coefficient (Wildman–Crippen LogP) is 2.91. The molecular formula is C21H40O8. The average molecular weight is 421 g/mol. The maximum atomic E-state index is 11.6. The molecule has 0 unspecified atom stereocenters. The molecule has 0 spiro atoms. The minimum Gasteiger partial charge on any atom is -0.463 e. The maximum absolute atomic E-state index is 11.6.